The number of carboxylic acids is 1. The van der Waals surface area contributed by atoms with Crippen molar-refractivity contribution >= 4 is 11.9 Å². The van der Waals surface area contributed by atoms with E-state index in [1.54, 1.807) is 0 Å². The average molecular weight is 420 g/mol. The Bertz CT molecular complexity index is 551. The number of hydrogen-bond acceptors (Lipinski definition) is 3. The zero-order chi connectivity index (χ0) is 22.1. The lowest BCUT2D eigenvalue weighted by atomic mass is 10.1. The third kappa shape index (κ3) is 24.1. The lowest BCUT2D eigenvalue weighted by Gasteiger charge is -2.04. The maximum atomic E-state index is 11.5. The number of carbonyl (C=O) groups is 2. The van der Waals surface area contributed by atoms with Gasteiger partial charge < -0.3 is 15.5 Å². The molecule has 30 heavy (non-hydrogen) atoms. The predicted octanol–water partition coefficient (Wildman–Crippen LogP) is 4.82. The summed E-state index contributed by atoms with van der Waals surface area (Å²) in [4.78, 5) is 21.9. The number of rotatable bonds is 19. The van der Waals surface area contributed by atoms with E-state index in [0.29, 0.717) is 19.4 Å². The molecule has 1 amide bonds. The van der Waals surface area contributed by atoms with Gasteiger partial charge in [-0.1, -0.05) is 63.2 Å². The van der Waals surface area contributed by atoms with Gasteiger partial charge >= 0.3 is 5.97 Å². The summed E-state index contributed by atoms with van der Waals surface area (Å²) >= 11 is 0. The molecule has 0 saturated heterocycles. The third-order valence-electron chi connectivity index (χ3n) is 4.79. The first-order chi connectivity index (χ1) is 14.7. The SMILES string of the molecule is O=C(O)CCCCCCCCC#CC#CCCCCCCCCC(=O)NCCCO. The summed E-state index contributed by atoms with van der Waals surface area (Å²) in [6.45, 7) is 0.690. The van der Waals surface area contributed by atoms with Crippen molar-refractivity contribution in [2.75, 3.05) is 13.2 Å². The number of aliphatic hydroxyl groups excluding tert-OH is 1. The van der Waals surface area contributed by atoms with Crippen LogP contribution in [0.3, 0.4) is 0 Å². The minimum Gasteiger partial charge on any atom is -0.481 e. The van der Waals surface area contributed by atoms with E-state index in [-0.39, 0.29) is 18.9 Å². The van der Waals surface area contributed by atoms with Crippen molar-refractivity contribution in [3.63, 3.8) is 0 Å². The number of aliphatic carboxylic acids is 1. The van der Waals surface area contributed by atoms with Crippen LogP contribution >= 0.6 is 0 Å². The van der Waals surface area contributed by atoms with E-state index < -0.39 is 5.97 Å². The van der Waals surface area contributed by atoms with Crippen LogP contribution in [0.4, 0.5) is 0 Å². The second kappa shape index (κ2) is 23.3. The fourth-order valence-electron chi connectivity index (χ4n) is 3.01. The number of hydrogen-bond donors (Lipinski definition) is 3. The minimum absolute atomic E-state index is 0.0906. The van der Waals surface area contributed by atoms with Crippen molar-refractivity contribution in [1.82, 2.24) is 5.32 Å². The Balaban J connectivity index is 3.32. The van der Waals surface area contributed by atoms with Crippen LogP contribution in [0.2, 0.25) is 0 Å². The summed E-state index contributed by atoms with van der Waals surface area (Å²) in [5, 5.41) is 20.0. The van der Waals surface area contributed by atoms with Crippen molar-refractivity contribution in [3.8, 4) is 23.7 Å². The Hall–Kier alpha value is -1.98. The summed E-state index contributed by atoms with van der Waals surface area (Å²) in [6, 6.07) is 0. The van der Waals surface area contributed by atoms with E-state index in [1.165, 1.54) is 12.8 Å². The topological polar surface area (TPSA) is 86.6 Å². The Labute approximate surface area is 183 Å². The summed E-state index contributed by atoms with van der Waals surface area (Å²) in [5.74, 6) is 11.5. The monoisotopic (exact) mass is 419 g/mol. The number of carboxylic acid groups (broad SMARTS) is 1. The molecule has 0 bridgehead atoms. The van der Waals surface area contributed by atoms with Crippen LogP contribution in [-0.2, 0) is 9.59 Å². The summed E-state index contributed by atoms with van der Waals surface area (Å²) in [5.41, 5.74) is 0. The zero-order valence-corrected chi connectivity index (χ0v) is 18.6. The van der Waals surface area contributed by atoms with Gasteiger partial charge in [0.25, 0.3) is 0 Å². The highest BCUT2D eigenvalue weighted by Crippen LogP contribution is 2.09. The maximum absolute atomic E-state index is 11.5. The number of aliphatic hydroxyl groups is 1. The molecular weight excluding hydrogens is 378 g/mol. The Kier molecular flexibility index (Phi) is 21.8. The lowest BCUT2D eigenvalue weighted by molar-refractivity contribution is -0.137. The van der Waals surface area contributed by atoms with Gasteiger partial charge in [0.1, 0.15) is 0 Å². The van der Waals surface area contributed by atoms with Crippen LogP contribution in [0.25, 0.3) is 0 Å². The largest absolute Gasteiger partial charge is 0.481 e. The highest BCUT2D eigenvalue weighted by Gasteiger charge is 2.00. The molecular formula is C25H41NO4. The summed E-state index contributed by atoms with van der Waals surface area (Å²) < 4.78 is 0. The molecule has 0 aromatic heterocycles. The average Bonchev–Trinajstić information content (AvgIpc) is 2.72. The Morgan fingerprint density at radius 1 is 0.633 bits per heavy atom. The molecule has 0 atom stereocenters. The molecule has 170 valence electrons. The molecule has 0 spiro atoms. The molecule has 0 aromatic carbocycles. The molecule has 3 N–H and O–H groups in total. The normalized spacial score (nSPS) is 9.90. The first-order valence-electron chi connectivity index (χ1n) is 11.7. The summed E-state index contributed by atoms with van der Waals surface area (Å²) in [7, 11) is 0. The van der Waals surface area contributed by atoms with E-state index in [2.05, 4.69) is 29.0 Å². The molecule has 0 aliphatic heterocycles. The molecule has 0 aromatic rings. The predicted molar refractivity (Wildman–Crippen MR) is 122 cm³/mol. The number of nitrogens with one attached hydrogen (secondary N) is 1. The van der Waals surface area contributed by atoms with Crippen molar-refractivity contribution in [3.05, 3.63) is 0 Å². The van der Waals surface area contributed by atoms with Gasteiger partial charge in [0, 0.05) is 38.8 Å². The highest BCUT2D eigenvalue weighted by atomic mass is 16.4. The standard InChI is InChI=1S/C25H41NO4/c27-23-19-22-26-24(28)20-17-15-13-11-9-7-5-3-1-2-4-6-8-10-12-14-16-18-21-25(29)30/h27H,5-23H2,(H,26,28)(H,29,30). The van der Waals surface area contributed by atoms with Gasteiger partial charge in [-0.05, 0) is 43.9 Å². The molecule has 0 aliphatic rings. The van der Waals surface area contributed by atoms with E-state index >= 15 is 0 Å². The Morgan fingerprint density at radius 2 is 1.10 bits per heavy atom. The molecule has 5 heteroatoms. The smallest absolute Gasteiger partial charge is 0.303 e. The van der Waals surface area contributed by atoms with Crippen LogP contribution in [0.5, 0.6) is 0 Å². The van der Waals surface area contributed by atoms with Gasteiger partial charge in [0.05, 0.1) is 0 Å². The van der Waals surface area contributed by atoms with Crippen LogP contribution < -0.4 is 5.32 Å². The first-order valence-corrected chi connectivity index (χ1v) is 11.7. The molecule has 0 rings (SSSR count). The zero-order valence-electron chi connectivity index (χ0n) is 18.6. The highest BCUT2D eigenvalue weighted by molar-refractivity contribution is 5.75. The van der Waals surface area contributed by atoms with Crippen molar-refractivity contribution in [2.45, 2.75) is 109 Å². The van der Waals surface area contributed by atoms with Gasteiger partial charge in [-0.2, -0.15) is 0 Å². The van der Waals surface area contributed by atoms with Crippen molar-refractivity contribution in [1.29, 1.82) is 0 Å². The molecule has 0 radical (unpaired) electrons. The second-order valence-electron chi connectivity index (χ2n) is 7.67. The van der Waals surface area contributed by atoms with E-state index in [4.69, 9.17) is 10.2 Å². The summed E-state index contributed by atoms with van der Waals surface area (Å²) in [6.07, 6.45) is 16.3. The van der Waals surface area contributed by atoms with Gasteiger partial charge in [-0.15, -0.1) is 0 Å². The molecule has 0 saturated carbocycles. The van der Waals surface area contributed by atoms with Crippen molar-refractivity contribution < 1.29 is 19.8 Å². The minimum atomic E-state index is -0.698. The van der Waals surface area contributed by atoms with Crippen molar-refractivity contribution in [2.24, 2.45) is 0 Å². The fraction of sp³-hybridized carbons (Fsp3) is 0.760. The van der Waals surface area contributed by atoms with E-state index in [1.807, 2.05) is 0 Å². The number of carbonyl (C=O) groups excluding carboxylic acids is 1. The quantitative estimate of drug-likeness (QED) is 0.207. The van der Waals surface area contributed by atoms with Crippen LogP contribution in [0, 0.1) is 23.7 Å². The van der Waals surface area contributed by atoms with E-state index in [9.17, 15) is 9.59 Å². The van der Waals surface area contributed by atoms with Crippen LogP contribution in [0.15, 0.2) is 0 Å². The lowest BCUT2D eigenvalue weighted by Crippen LogP contribution is -2.24. The van der Waals surface area contributed by atoms with Gasteiger partial charge in [0.15, 0.2) is 0 Å². The molecule has 0 aliphatic carbocycles. The van der Waals surface area contributed by atoms with E-state index in [0.717, 1.165) is 77.0 Å². The van der Waals surface area contributed by atoms with Gasteiger partial charge in [-0.25, -0.2) is 0 Å². The molecule has 0 heterocycles. The van der Waals surface area contributed by atoms with Gasteiger partial charge in [0.2, 0.25) is 5.91 Å². The fourth-order valence-corrected chi connectivity index (χ4v) is 3.01. The third-order valence-corrected chi connectivity index (χ3v) is 4.79. The molecule has 0 unspecified atom stereocenters. The molecule has 0 fully saturated rings. The first kappa shape index (κ1) is 28.0. The van der Waals surface area contributed by atoms with Crippen LogP contribution in [0.1, 0.15) is 109 Å². The van der Waals surface area contributed by atoms with Gasteiger partial charge in [-0.3, -0.25) is 9.59 Å². The maximum Gasteiger partial charge on any atom is 0.303 e. The number of amides is 1. The number of unbranched alkanes of at least 4 members (excludes halogenated alkanes) is 12. The molecule has 5 nitrogen and oxygen atoms in total. The van der Waals surface area contributed by atoms with Crippen LogP contribution in [-0.4, -0.2) is 35.2 Å². The second-order valence-corrected chi connectivity index (χ2v) is 7.67. The Morgan fingerprint density at radius 3 is 1.60 bits per heavy atom.